The Balaban J connectivity index is 1.48. The number of rotatable bonds is 5. The number of hydrogen-bond acceptors (Lipinski definition) is 6. The van der Waals surface area contributed by atoms with Gasteiger partial charge in [0.25, 0.3) is 0 Å². The average molecular weight is 350 g/mol. The first-order valence-electron chi connectivity index (χ1n) is 9.29. The van der Waals surface area contributed by atoms with Crippen molar-refractivity contribution in [3.63, 3.8) is 0 Å². The van der Waals surface area contributed by atoms with Gasteiger partial charge in [-0.1, -0.05) is 18.2 Å². The predicted octanol–water partition coefficient (Wildman–Crippen LogP) is 0.0523. The quantitative estimate of drug-likeness (QED) is 0.600. The van der Waals surface area contributed by atoms with Gasteiger partial charge < -0.3 is 25.3 Å². The third kappa shape index (κ3) is 4.33. The molecule has 0 aliphatic carbocycles. The molecule has 0 spiro atoms. The first-order valence-corrected chi connectivity index (χ1v) is 9.29. The Morgan fingerprint density at radius 3 is 2.28 bits per heavy atom. The smallest absolute Gasteiger partial charge is 0.109 e. The lowest BCUT2D eigenvalue weighted by Gasteiger charge is -2.44. The van der Waals surface area contributed by atoms with Gasteiger partial charge in [-0.2, -0.15) is 0 Å². The van der Waals surface area contributed by atoms with Crippen molar-refractivity contribution in [2.45, 2.75) is 43.6 Å². The molecule has 2 aliphatic rings. The number of piperidine rings is 2. The molecule has 2 aliphatic heterocycles. The normalized spacial score (nSPS) is 32.1. The van der Waals surface area contributed by atoms with Crippen LogP contribution in [0.5, 0.6) is 0 Å². The van der Waals surface area contributed by atoms with Crippen LogP contribution in [0.1, 0.15) is 19.3 Å². The highest BCUT2D eigenvalue weighted by molar-refractivity contribution is 5.46. The molecule has 0 amide bonds. The third-order valence-electron chi connectivity index (χ3n) is 5.78. The molecule has 4 N–H and O–H groups in total. The largest absolute Gasteiger partial charge is 0.395 e. The van der Waals surface area contributed by atoms with Crippen LogP contribution in [-0.4, -0.2) is 82.5 Å². The molecule has 0 saturated carbocycles. The van der Waals surface area contributed by atoms with E-state index in [0.29, 0.717) is 12.5 Å². The van der Waals surface area contributed by atoms with Crippen LogP contribution in [0.3, 0.4) is 0 Å². The monoisotopic (exact) mass is 350 g/mol. The molecule has 0 bridgehead atoms. The zero-order valence-corrected chi connectivity index (χ0v) is 14.6. The molecule has 6 heteroatoms. The molecule has 2 saturated heterocycles. The fourth-order valence-corrected chi connectivity index (χ4v) is 4.10. The summed E-state index contributed by atoms with van der Waals surface area (Å²) in [6.45, 7) is 2.90. The van der Waals surface area contributed by atoms with Crippen molar-refractivity contribution in [1.82, 2.24) is 4.90 Å². The Labute approximate surface area is 149 Å². The Morgan fingerprint density at radius 2 is 1.64 bits per heavy atom. The second kappa shape index (κ2) is 8.47. The van der Waals surface area contributed by atoms with Crippen LogP contribution in [0.15, 0.2) is 30.3 Å². The zero-order chi connectivity index (χ0) is 17.8. The van der Waals surface area contributed by atoms with Gasteiger partial charge in [0.1, 0.15) is 12.2 Å². The highest BCUT2D eigenvalue weighted by atomic mass is 16.4. The number of aliphatic hydroxyl groups excluding tert-OH is 4. The van der Waals surface area contributed by atoms with E-state index in [1.807, 2.05) is 11.0 Å². The molecule has 3 rings (SSSR count). The molecule has 2 fully saturated rings. The lowest BCUT2D eigenvalue weighted by molar-refractivity contribution is -0.145. The van der Waals surface area contributed by atoms with Crippen LogP contribution >= 0.6 is 0 Å². The van der Waals surface area contributed by atoms with Crippen LogP contribution in [0.25, 0.3) is 0 Å². The number of nitrogens with zero attached hydrogens (tertiary/aromatic N) is 2. The third-order valence-corrected chi connectivity index (χ3v) is 5.78. The first-order chi connectivity index (χ1) is 12.1. The van der Waals surface area contributed by atoms with Crippen molar-refractivity contribution >= 4 is 5.69 Å². The van der Waals surface area contributed by atoms with Gasteiger partial charge >= 0.3 is 0 Å². The molecule has 1 aromatic carbocycles. The van der Waals surface area contributed by atoms with Gasteiger partial charge in [-0.05, 0) is 43.9 Å². The van der Waals surface area contributed by atoms with E-state index in [2.05, 4.69) is 29.2 Å². The molecular formula is C19H30N2O4. The van der Waals surface area contributed by atoms with Crippen molar-refractivity contribution in [3.05, 3.63) is 30.3 Å². The number of β-amino-alcohol motifs (C(OH)–C–C–N with tert-alkyl or cyclic N) is 1. The second-order valence-corrected chi connectivity index (χ2v) is 7.35. The SMILES string of the molecule is OC[C@H]1[C@@H](O)[C@H](O)[C@@H](O)CN1CCC1CCN(c2ccccc2)CC1. The predicted molar refractivity (Wildman–Crippen MR) is 96.5 cm³/mol. The topological polar surface area (TPSA) is 87.4 Å². The van der Waals surface area contributed by atoms with Gasteiger partial charge in [0, 0.05) is 25.3 Å². The molecule has 2 heterocycles. The van der Waals surface area contributed by atoms with Gasteiger partial charge in [-0.15, -0.1) is 0 Å². The molecule has 0 unspecified atom stereocenters. The maximum Gasteiger partial charge on any atom is 0.109 e. The van der Waals surface area contributed by atoms with Gasteiger partial charge in [0.05, 0.1) is 18.8 Å². The molecule has 1 aromatic rings. The summed E-state index contributed by atoms with van der Waals surface area (Å²) in [5, 5.41) is 39.3. The fourth-order valence-electron chi connectivity index (χ4n) is 4.10. The van der Waals surface area contributed by atoms with Crippen molar-refractivity contribution in [3.8, 4) is 0 Å². The Kier molecular flexibility index (Phi) is 6.30. The van der Waals surface area contributed by atoms with E-state index in [1.165, 1.54) is 5.69 Å². The van der Waals surface area contributed by atoms with Crippen LogP contribution in [0.2, 0.25) is 0 Å². The van der Waals surface area contributed by atoms with E-state index >= 15 is 0 Å². The first kappa shape index (κ1) is 18.6. The highest BCUT2D eigenvalue weighted by Gasteiger charge is 2.40. The van der Waals surface area contributed by atoms with E-state index in [0.717, 1.165) is 38.9 Å². The molecule has 25 heavy (non-hydrogen) atoms. The van der Waals surface area contributed by atoms with E-state index in [4.69, 9.17) is 0 Å². The number of para-hydroxylation sites is 1. The molecule has 140 valence electrons. The van der Waals surface area contributed by atoms with Crippen molar-refractivity contribution in [2.24, 2.45) is 5.92 Å². The van der Waals surface area contributed by atoms with Crippen molar-refractivity contribution < 1.29 is 20.4 Å². The number of aliphatic hydroxyl groups is 4. The average Bonchev–Trinajstić information content (AvgIpc) is 2.66. The minimum atomic E-state index is -1.18. The minimum absolute atomic E-state index is 0.211. The highest BCUT2D eigenvalue weighted by Crippen LogP contribution is 2.26. The van der Waals surface area contributed by atoms with Crippen LogP contribution in [0, 0.1) is 5.92 Å². The summed E-state index contributed by atoms with van der Waals surface area (Å²) in [4.78, 5) is 4.34. The van der Waals surface area contributed by atoms with E-state index in [-0.39, 0.29) is 6.61 Å². The maximum absolute atomic E-state index is 10.1. The molecule has 0 aromatic heterocycles. The summed E-state index contributed by atoms with van der Waals surface area (Å²) < 4.78 is 0. The van der Waals surface area contributed by atoms with E-state index in [1.54, 1.807) is 0 Å². The van der Waals surface area contributed by atoms with Crippen LogP contribution < -0.4 is 4.90 Å². The Hall–Kier alpha value is -1.18. The Morgan fingerprint density at radius 1 is 0.960 bits per heavy atom. The van der Waals surface area contributed by atoms with Gasteiger partial charge in [-0.3, -0.25) is 4.90 Å². The summed E-state index contributed by atoms with van der Waals surface area (Å²) in [6, 6.07) is 9.96. The summed E-state index contributed by atoms with van der Waals surface area (Å²) in [7, 11) is 0. The fraction of sp³-hybridized carbons (Fsp3) is 0.684. The minimum Gasteiger partial charge on any atom is -0.395 e. The molecule has 6 nitrogen and oxygen atoms in total. The van der Waals surface area contributed by atoms with Gasteiger partial charge in [-0.25, -0.2) is 0 Å². The maximum atomic E-state index is 10.1. The zero-order valence-electron chi connectivity index (χ0n) is 14.6. The summed E-state index contributed by atoms with van der Waals surface area (Å²) in [6.07, 6.45) is -0.0104. The number of benzene rings is 1. The number of likely N-dealkylation sites (tertiary alicyclic amines) is 1. The van der Waals surface area contributed by atoms with E-state index < -0.39 is 24.4 Å². The lowest BCUT2D eigenvalue weighted by atomic mass is 9.90. The standard InChI is InChI=1S/C19H30N2O4/c22-13-16-18(24)19(25)17(23)12-21(16)11-8-14-6-9-20(10-7-14)15-4-2-1-3-5-15/h1-5,14,16-19,22-25H,6-13H2/t16-,17-,18+,19+/m0/s1. The molecule has 0 radical (unpaired) electrons. The van der Waals surface area contributed by atoms with Crippen LogP contribution in [-0.2, 0) is 0 Å². The van der Waals surface area contributed by atoms with Gasteiger partial charge in [0.15, 0.2) is 0 Å². The molecular weight excluding hydrogens is 320 g/mol. The summed E-state index contributed by atoms with van der Waals surface area (Å²) in [5.41, 5.74) is 1.28. The second-order valence-electron chi connectivity index (χ2n) is 7.35. The van der Waals surface area contributed by atoms with E-state index in [9.17, 15) is 20.4 Å². The summed E-state index contributed by atoms with van der Waals surface area (Å²) >= 11 is 0. The Bertz CT molecular complexity index is 521. The summed E-state index contributed by atoms with van der Waals surface area (Å²) in [5.74, 6) is 0.612. The number of anilines is 1. The number of hydrogen-bond donors (Lipinski definition) is 4. The lowest BCUT2D eigenvalue weighted by Crippen LogP contribution is -2.62. The van der Waals surface area contributed by atoms with Crippen molar-refractivity contribution in [2.75, 3.05) is 37.7 Å². The van der Waals surface area contributed by atoms with Crippen LogP contribution in [0.4, 0.5) is 5.69 Å². The molecule has 4 atom stereocenters. The van der Waals surface area contributed by atoms with Crippen molar-refractivity contribution in [1.29, 1.82) is 0 Å². The van der Waals surface area contributed by atoms with Gasteiger partial charge in [0.2, 0.25) is 0 Å².